The van der Waals surface area contributed by atoms with Crippen LogP contribution in [-0.2, 0) is 5.41 Å². The Balaban J connectivity index is 2.20. The van der Waals surface area contributed by atoms with Crippen LogP contribution in [0, 0.1) is 0 Å². The van der Waals surface area contributed by atoms with E-state index in [0.717, 1.165) is 0 Å². The lowest BCUT2D eigenvalue weighted by atomic mass is 9.71. The second-order valence-corrected chi connectivity index (χ2v) is 7.46. The lowest BCUT2D eigenvalue weighted by Crippen LogP contribution is -2.25. The first-order valence-electron chi connectivity index (χ1n) is 9.55. The lowest BCUT2D eigenvalue weighted by Gasteiger charge is -2.33. The molecule has 128 valence electrons. The van der Waals surface area contributed by atoms with Gasteiger partial charge in [-0.1, -0.05) is 69.9 Å². The van der Waals surface area contributed by atoms with Crippen LogP contribution in [0.4, 0.5) is 5.69 Å². The summed E-state index contributed by atoms with van der Waals surface area (Å²) in [6.07, 6.45) is 7.65. The average molecular weight is 322 g/mol. The molecular weight excluding hydrogens is 290 g/mol. The van der Waals surface area contributed by atoms with Crippen molar-refractivity contribution in [2.24, 2.45) is 0 Å². The van der Waals surface area contributed by atoms with Crippen LogP contribution in [0.15, 0.2) is 42.5 Å². The van der Waals surface area contributed by atoms with Gasteiger partial charge >= 0.3 is 0 Å². The Morgan fingerprint density at radius 3 is 2.04 bits per heavy atom. The molecule has 2 aromatic carbocycles. The molecule has 0 unspecified atom stereocenters. The van der Waals surface area contributed by atoms with Gasteiger partial charge in [-0.2, -0.15) is 0 Å². The Morgan fingerprint density at radius 1 is 0.792 bits per heavy atom. The summed E-state index contributed by atoms with van der Waals surface area (Å²) in [7, 11) is 4.28. The smallest absolute Gasteiger partial charge is 0.0364 e. The zero-order valence-electron chi connectivity index (χ0n) is 15.7. The van der Waals surface area contributed by atoms with Gasteiger partial charge in [0.15, 0.2) is 0 Å². The monoisotopic (exact) mass is 321 g/mol. The second kappa shape index (κ2) is 7.01. The van der Waals surface area contributed by atoms with Gasteiger partial charge in [0.2, 0.25) is 0 Å². The van der Waals surface area contributed by atoms with Gasteiger partial charge in [-0.05, 0) is 47.2 Å². The Bertz CT molecular complexity index is 691. The fourth-order valence-electron chi connectivity index (χ4n) is 4.34. The zero-order chi connectivity index (χ0) is 17.2. The number of unbranched alkanes of at least 4 members (excludes halogenated alkanes) is 2. The van der Waals surface area contributed by atoms with E-state index in [2.05, 4.69) is 75.3 Å². The standard InChI is InChI=1S/C23H31N/c1-5-7-15-23(16-8-6-2)21-12-10-9-11-19(21)20-14-13-18(24(3)4)17-22(20)23/h9-14,17H,5-8,15-16H2,1-4H3. The van der Waals surface area contributed by atoms with Gasteiger partial charge in [-0.25, -0.2) is 0 Å². The van der Waals surface area contributed by atoms with E-state index in [-0.39, 0.29) is 5.41 Å². The van der Waals surface area contributed by atoms with Crippen LogP contribution in [0.1, 0.15) is 63.5 Å². The molecule has 0 spiro atoms. The largest absolute Gasteiger partial charge is 0.378 e. The topological polar surface area (TPSA) is 3.24 Å². The van der Waals surface area contributed by atoms with Gasteiger partial charge in [0.05, 0.1) is 0 Å². The molecule has 0 saturated heterocycles. The Labute approximate surface area is 147 Å². The van der Waals surface area contributed by atoms with Crippen molar-refractivity contribution in [2.75, 3.05) is 19.0 Å². The van der Waals surface area contributed by atoms with Crippen molar-refractivity contribution in [3.8, 4) is 11.1 Å². The van der Waals surface area contributed by atoms with Crippen LogP contribution in [-0.4, -0.2) is 14.1 Å². The normalized spacial score (nSPS) is 14.3. The minimum absolute atomic E-state index is 0.212. The van der Waals surface area contributed by atoms with Crippen LogP contribution in [0.25, 0.3) is 11.1 Å². The van der Waals surface area contributed by atoms with Crippen molar-refractivity contribution in [2.45, 2.75) is 57.8 Å². The molecule has 1 aliphatic carbocycles. The number of nitrogens with zero attached hydrogens (tertiary/aromatic N) is 1. The number of hydrogen-bond donors (Lipinski definition) is 0. The number of hydrogen-bond acceptors (Lipinski definition) is 1. The number of fused-ring (bicyclic) bond motifs is 3. The summed E-state index contributed by atoms with van der Waals surface area (Å²) in [6.45, 7) is 4.62. The summed E-state index contributed by atoms with van der Waals surface area (Å²) in [5.74, 6) is 0. The molecule has 0 atom stereocenters. The molecule has 1 aliphatic rings. The number of anilines is 1. The highest BCUT2D eigenvalue weighted by Crippen LogP contribution is 2.54. The van der Waals surface area contributed by atoms with Gasteiger partial charge in [-0.15, -0.1) is 0 Å². The molecule has 0 radical (unpaired) electrons. The number of rotatable bonds is 7. The molecule has 2 aromatic rings. The fourth-order valence-corrected chi connectivity index (χ4v) is 4.34. The third-order valence-electron chi connectivity index (χ3n) is 5.68. The maximum atomic E-state index is 2.46. The second-order valence-electron chi connectivity index (χ2n) is 7.46. The maximum absolute atomic E-state index is 2.46. The lowest BCUT2D eigenvalue weighted by molar-refractivity contribution is 0.414. The van der Waals surface area contributed by atoms with Gasteiger partial charge in [0.25, 0.3) is 0 Å². The molecule has 0 amide bonds. The predicted octanol–water partition coefficient (Wildman–Crippen LogP) is 6.40. The van der Waals surface area contributed by atoms with E-state index in [0.29, 0.717) is 0 Å². The van der Waals surface area contributed by atoms with Crippen molar-refractivity contribution in [3.63, 3.8) is 0 Å². The van der Waals surface area contributed by atoms with E-state index >= 15 is 0 Å². The third-order valence-corrected chi connectivity index (χ3v) is 5.68. The van der Waals surface area contributed by atoms with Crippen molar-refractivity contribution in [1.82, 2.24) is 0 Å². The van der Waals surface area contributed by atoms with Crippen molar-refractivity contribution < 1.29 is 0 Å². The Kier molecular flexibility index (Phi) is 4.99. The zero-order valence-corrected chi connectivity index (χ0v) is 15.7. The first-order chi connectivity index (χ1) is 11.6. The quantitative estimate of drug-likeness (QED) is 0.570. The summed E-state index contributed by atoms with van der Waals surface area (Å²) in [5, 5.41) is 0. The molecule has 0 heterocycles. The molecule has 1 heteroatoms. The summed E-state index contributed by atoms with van der Waals surface area (Å²) in [5.41, 5.74) is 7.59. The summed E-state index contributed by atoms with van der Waals surface area (Å²) >= 11 is 0. The predicted molar refractivity (Wildman–Crippen MR) is 106 cm³/mol. The van der Waals surface area contributed by atoms with Crippen LogP contribution in [0.2, 0.25) is 0 Å². The van der Waals surface area contributed by atoms with Gasteiger partial charge < -0.3 is 4.90 Å². The highest BCUT2D eigenvalue weighted by Gasteiger charge is 2.41. The van der Waals surface area contributed by atoms with Crippen molar-refractivity contribution in [1.29, 1.82) is 0 Å². The highest BCUT2D eigenvalue weighted by atomic mass is 15.1. The van der Waals surface area contributed by atoms with Gasteiger partial charge in [0, 0.05) is 25.2 Å². The molecule has 1 nitrogen and oxygen atoms in total. The molecular formula is C23H31N. The fraction of sp³-hybridized carbons (Fsp3) is 0.478. The van der Waals surface area contributed by atoms with E-state index in [1.165, 1.54) is 55.3 Å². The van der Waals surface area contributed by atoms with E-state index in [1.54, 1.807) is 11.1 Å². The van der Waals surface area contributed by atoms with E-state index in [9.17, 15) is 0 Å². The molecule has 0 aromatic heterocycles. The molecule has 0 saturated carbocycles. The Hall–Kier alpha value is -1.76. The van der Waals surface area contributed by atoms with E-state index in [1.807, 2.05) is 0 Å². The summed E-state index contributed by atoms with van der Waals surface area (Å²) in [4.78, 5) is 2.23. The third kappa shape index (κ3) is 2.75. The van der Waals surface area contributed by atoms with Gasteiger partial charge in [0.1, 0.15) is 0 Å². The minimum Gasteiger partial charge on any atom is -0.378 e. The molecule has 0 fully saturated rings. The number of benzene rings is 2. The maximum Gasteiger partial charge on any atom is 0.0364 e. The first-order valence-corrected chi connectivity index (χ1v) is 9.55. The SMILES string of the molecule is CCCCC1(CCCC)c2ccccc2-c2ccc(N(C)C)cc21. The summed E-state index contributed by atoms with van der Waals surface area (Å²) < 4.78 is 0. The summed E-state index contributed by atoms with van der Waals surface area (Å²) in [6, 6.07) is 16.2. The minimum atomic E-state index is 0.212. The molecule has 3 rings (SSSR count). The highest BCUT2D eigenvalue weighted by molar-refractivity contribution is 5.82. The van der Waals surface area contributed by atoms with E-state index in [4.69, 9.17) is 0 Å². The van der Waals surface area contributed by atoms with E-state index < -0.39 is 0 Å². The van der Waals surface area contributed by atoms with Gasteiger partial charge in [-0.3, -0.25) is 0 Å². The van der Waals surface area contributed by atoms with Crippen molar-refractivity contribution in [3.05, 3.63) is 53.6 Å². The van der Waals surface area contributed by atoms with Crippen LogP contribution < -0.4 is 4.90 Å². The molecule has 0 bridgehead atoms. The van der Waals surface area contributed by atoms with Crippen LogP contribution in [0.3, 0.4) is 0 Å². The molecule has 0 N–H and O–H groups in total. The van der Waals surface area contributed by atoms with Crippen molar-refractivity contribution >= 4 is 5.69 Å². The first kappa shape index (κ1) is 17.1. The van der Waals surface area contributed by atoms with Crippen LogP contribution >= 0.6 is 0 Å². The molecule has 24 heavy (non-hydrogen) atoms. The molecule has 0 aliphatic heterocycles. The van der Waals surface area contributed by atoms with Crippen LogP contribution in [0.5, 0.6) is 0 Å². The Morgan fingerprint density at radius 2 is 1.42 bits per heavy atom. The average Bonchev–Trinajstić information content (AvgIpc) is 2.88.